The zero-order valence-corrected chi connectivity index (χ0v) is 10.3. The van der Waals surface area contributed by atoms with Gasteiger partial charge in [-0.2, -0.15) is 0 Å². The monoisotopic (exact) mass is 253 g/mol. The average molecular weight is 253 g/mol. The molecule has 0 aliphatic carbocycles. The fraction of sp³-hybridized carbons (Fsp3) is 0.0909. The highest BCUT2D eigenvalue weighted by atomic mass is 32.1. The van der Waals surface area contributed by atoms with Crippen molar-refractivity contribution in [2.24, 2.45) is 0 Å². The van der Waals surface area contributed by atoms with Crippen LogP contribution in [0.2, 0.25) is 0 Å². The van der Waals surface area contributed by atoms with Gasteiger partial charge in [-0.15, -0.1) is 16.2 Å². The van der Waals surface area contributed by atoms with Gasteiger partial charge in [-0.3, -0.25) is 0 Å². The van der Waals surface area contributed by atoms with E-state index in [2.05, 4.69) is 23.6 Å². The molecule has 0 bridgehead atoms. The van der Waals surface area contributed by atoms with Gasteiger partial charge in [-0.1, -0.05) is 0 Å². The molecule has 0 saturated heterocycles. The van der Waals surface area contributed by atoms with Gasteiger partial charge in [-0.05, 0) is 48.9 Å². The summed E-state index contributed by atoms with van der Waals surface area (Å²) in [5.41, 5.74) is 1.08. The number of rotatable bonds is 3. The van der Waals surface area contributed by atoms with Crippen LogP contribution in [0.3, 0.4) is 0 Å². The smallest absolute Gasteiger partial charge is 0.229 e. The summed E-state index contributed by atoms with van der Waals surface area (Å²) in [4.78, 5) is 11.0. The fourth-order valence-corrected chi connectivity index (χ4v) is 2.53. The van der Waals surface area contributed by atoms with Crippen LogP contribution >= 0.6 is 19.6 Å². The molecule has 2 rings (SSSR count). The topological polar surface area (TPSA) is 46.5 Å². The highest BCUT2D eigenvalue weighted by Gasteiger charge is 2.13. The minimum absolute atomic E-state index is 0.403. The molecule has 0 aliphatic heterocycles. The van der Waals surface area contributed by atoms with E-state index in [0.717, 1.165) is 5.56 Å². The third kappa shape index (κ3) is 2.67. The second-order valence-corrected chi connectivity index (χ2v) is 5.21. The summed E-state index contributed by atoms with van der Waals surface area (Å²) in [7, 11) is -2.58. The third-order valence-electron chi connectivity index (χ3n) is 2.06. The van der Waals surface area contributed by atoms with Gasteiger partial charge in [0.2, 0.25) is 0 Å². The van der Waals surface area contributed by atoms with Gasteiger partial charge in [0, 0.05) is 14.3 Å². The molecule has 5 heteroatoms. The van der Waals surface area contributed by atoms with Gasteiger partial charge in [-0.25, -0.2) is 4.52 Å². The van der Waals surface area contributed by atoms with Crippen LogP contribution in [0.5, 0.6) is 5.75 Å². The Kier molecular flexibility index (Phi) is 3.34. The van der Waals surface area contributed by atoms with Gasteiger partial charge >= 0.3 is 8.25 Å². The van der Waals surface area contributed by atoms with Crippen molar-refractivity contribution in [3.8, 4) is 16.2 Å². The predicted molar refractivity (Wildman–Crippen MR) is 64.9 cm³/mol. The fourth-order valence-electron chi connectivity index (χ4n) is 1.36. The van der Waals surface area contributed by atoms with E-state index in [1.807, 2.05) is 12.1 Å². The second kappa shape index (κ2) is 4.74. The van der Waals surface area contributed by atoms with Crippen LogP contribution in [0.4, 0.5) is 0 Å². The summed E-state index contributed by atoms with van der Waals surface area (Å²) < 4.78 is 15.1. The number of hydrogen-bond acceptors (Lipinski definition) is 3. The molecule has 0 spiro atoms. The molecular weight excluding hydrogens is 243 g/mol. The largest absolute Gasteiger partial charge is 0.747 e. The molecule has 1 aromatic carbocycles. The second-order valence-electron chi connectivity index (χ2n) is 3.26. The van der Waals surface area contributed by atoms with E-state index in [0.29, 0.717) is 5.75 Å². The van der Waals surface area contributed by atoms with Crippen molar-refractivity contribution in [1.82, 2.24) is 0 Å². The lowest BCUT2D eigenvalue weighted by Gasteiger charge is -1.96. The average Bonchev–Trinajstić information content (AvgIpc) is 2.65. The standard InChI is InChI=1S/C11H9O3PS/c1-8-2-7-11(16-8)9-3-5-10(6-4-9)14-15(12)13/h2-7H,1H3/p+1. The zero-order valence-electron chi connectivity index (χ0n) is 8.58. The van der Waals surface area contributed by atoms with Crippen LogP contribution < -0.4 is 4.52 Å². The van der Waals surface area contributed by atoms with Gasteiger partial charge in [0.1, 0.15) is 0 Å². The summed E-state index contributed by atoms with van der Waals surface area (Å²) in [6.45, 7) is 2.06. The molecule has 0 amide bonds. The highest BCUT2D eigenvalue weighted by molar-refractivity contribution is 7.32. The van der Waals surface area contributed by atoms with Crippen molar-refractivity contribution >= 4 is 19.6 Å². The van der Waals surface area contributed by atoms with E-state index in [-0.39, 0.29) is 0 Å². The van der Waals surface area contributed by atoms with Crippen molar-refractivity contribution in [2.45, 2.75) is 6.92 Å². The van der Waals surface area contributed by atoms with E-state index in [9.17, 15) is 4.57 Å². The Morgan fingerprint density at radius 1 is 1.19 bits per heavy atom. The summed E-state index contributed by atoms with van der Waals surface area (Å²) in [6, 6.07) is 11.2. The quantitative estimate of drug-likeness (QED) is 0.847. The lowest BCUT2D eigenvalue weighted by atomic mass is 10.2. The van der Waals surface area contributed by atoms with Crippen LogP contribution in [0.25, 0.3) is 10.4 Å². The van der Waals surface area contributed by atoms with Crippen LogP contribution in [0.15, 0.2) is 36.4 Å². The molecule has 1 aromatic heterocycles. The van der Waals surface area contributed by atoms with Crippen molar-refractivity contribution in [3.05, 3.63) is 41.3 Å². The van der Waals surface area contributed by atoms with Gasteiger partial charge in [0.15, 0.2) is 5.75 Å². The first kappa shape index (κ1) is 11.3. The minimum Gasteiger partial charge on any atom is -0.229 e. The SMILES string of the molecule is Cc1ccc(-c2ccc(O[P+](=O)O)cc2)s1. The molecule has 0 aliphatic rings. The maximum absolute atomic E-state index is 10.5. The molecule has 1 heterocycles. The first-order valence-electron chi connectivity index (χ1n) is 4.66. The molecule has 82 valence electrons. The molecule has 1 atom stereocenters. The lowest BCUT2D eigenvalue weighted by molar-refractivity contribution is 0.410. The highest BCUT2D eigenvalue weighted by Crippen LogP contribution is 2.30. The molecule has 16 heavy (non-hydrogen) atoms. The first-order valence-corrected chi connectivity index (χ1v) is 6.61. The normalized spacial score (nSPS) is 11.2. The molecule has 1 unspecified atom stereocenters. The number of thiophene rings is 1. The zero-order chi connectivity index (χ0) is 11.5. The maximum atomic E-state index is 10.5. The molecule has 0 saturated carbocycles. The number of hydrogen-bond donors (Lipinski definition) is 1. The molecular formula is C11H10O3PS+. The van der Waals surface area contributed by atoms with Gasteiger partial charge in [0.05, 0.1) is 0 Å². The Morgan fingerprint density at radius 2 is 1.88 bits per heavy atom. The van der Waals surface area contributed by atoms with Crippen LogP contribution in [-0.4, -0.2) is 4.89 Å². The Balaban J connectivity index is 2.22. The summed E-state index contributed by atoms with van der Waals surface area (Å²) >= 11 is 1.71. The summed E-state index contributed by atoms with van der Waals surface area (Å²) in [5.74, 6) is 0.403. The van der Waals surface area contributed by atoms with E-state index in [4.69, 9.17) is 4.89 Å². The Bertz CT molecular complexity index is 504. The van der Waals surface area contributed by atoms with Crippen molar-refractivity contribution in [1.29, 1.82) is 0 Å². The molecule has 2 aromatic rings. The lowest BCUT2D eigenvalue weighted by Crippen LogP contribution is -1.79. The Morgan fingerprint density at radius 3 is 2.38 bits per heavy atom. The first-order chi connectivity index (χ1) is 7.65. The Hall–Kier alpha value is -1.22. The van der Waals surface area contributed by atoms with Crippen LogP contribution in [0, 0.1) is 6.92 Å². The summed E-state index contributed by atoms with van der Waals surface area (Å²) in [6.07, 6.45) is 0. The number of benzene rings is 1. The van der Waals surface area contributed by atoms with Gasteiger partial charge in [0.25, 0.3) is 0 Å². The van der Waals surface area contributed by atoms with E-state index < -0.39 is 8.25 Å². The van der Waals surface area contributed by atoms with E-state index in [1.54, 1.807) is 23.5 Å². The van der Waals surface area contributed by atoms with Crippen molar-refractivity contribution < 1.29 is 14.0 Å². The van der Waals surface area contributed by atoms with Crippen molar-refractivity contribution in [3.63, 3.8) is 0 Å². The molecule has 1 N–H and O–H groups in total. The Labute approximate surface area is 98.3 Å². The number of aryl methyl sites for hydroxylation is 1. The maximum Gasteiger partial charge on any atom is 0.747 e. The third-order valence-corrected chi connectivity index (χ3v) is 3.48. The predicted octanol–water partition coefficient (Wildman–Crippen LogP) is 3.75. The van der Waals surface area contributed by atoms with Crippen molar-refractivity contribution in [2.75, 3.05) is 0 Å². The molecule has 3 nitrogen and oxygen atoms in total. The van der Waals surface area contributed by atoms with Crippen LogP contribution in [-0.2, 0) is 4.57 Å². The van der Waals surface area contributed by atoms with E-state index in [1.165, 1.54) is 9.75 Å². The minimum atomic E-state index is -2.58. The molecule has 0 radical (unpaired) electrons. The summed E-state index contributed by atoms with van der Waals surface area (Å²) in [5, 5.41) is 0. The van der Waals surface area contributed by atoms with Gasteiger partial charge < -0.3 is 0 Å². The van der Waals surface area contributed by atoms with E-state index >= 15 is 0 Å². The molecule has 0 fully saturated rings. The van der Waals surface area contributed by atoms with Crippen LogP contribution in [0.1, 0.15) is 4.88 Å².